The molecule has 2 aromatic carbocycles. The second-order valence-electron chi connectivity index (χ2n) is 12.7. The molecule has 0 radical (unpaired) electrons. The molecule has 2 aromatic rings. The molecule has 2 aliphatic heterocycles. The van der Waals surface area contributed by atoms with Crippen LogP contribution in [0.3, 0.4) is 0 Å². The number of benzene rings is 2. The number of aryl methyl sites for hydroxylation is 1. The van der Waals surface area contributed by atoms with Crippen molar-refractivity contribution in [2.45, 2.75) is 88.9 Å². The van der Waals surface area contributed by atoms with Crippen molar-refractivity contribution in [2.24, 2.45) is 0 Å². The number of carbonyl (C=O) groups excluding carboxylic acids is 3. The Kier molecular flexibility index (Phi) is 9.89. The highest BCUT2D eigenvalue weighted by Gasteiger charge is 2.39. The van der Waals surface area contributed by atoms with E-state index in [1.54, 1.807) is 6.07 Å². The summed E-state index contributed by atoms with van der Waals surface area (Å²) in [7, 11) is -4.34. The molecule has 0 saturated carbocycles. The van der Waals surface area contributed by atoms with Gasteiger partial charge in [-0.3, -0.25) is 14.1 Å². The molecule has 4 rings (SSSR count). The van der Waals surface area contributed by atoms with Gasteiger partial charge in [-0.05, 0) is 66.3 Å². The minimum atomic E-state index is -4.34. The van der Waals surface area contributed by atoms with Gasteiger partial charge in [-0.25, -0.2) is 4.79 Å². The summed E-state index contributed by atoms with van der Waals surface area (Å²) < 4.78 is 33.2. The molecule has 0 atom stereocenters. The van der Waals surface area contributed by atoms with Crippen LogP contribution in [0.2, 0.25) is 0 Å². The Labute approximate surface area is 266 Å². The number of para-hydroxylation sites is 1. The lowest BCUT2D eigenvalue weighted by atomic mass is 9.76. The summed E-state index contributed by atoms with van der Waals surface area (Å²) in [5, 5.41) is 0.587. The summed E-state index contributed by atoms with van der Waals surface area (Å²) in [4.78, 5) is 42.7. The predicted octanol–water partition coefficient (Wildman–Crippen LogP) is 6.48. The molecular weight excluding hydrogens is 592 g/mol. The van der Waals surface area contributed by atoms with E-state index in [1.165, 1.54) is 17.7 Å². The normalized spacial score (nSPS) is 17.4. The van der Waals surface area contributed by atoms with Gasteiger partial charge in [-0.15, -0.1) is 5.06 Å². The third-order valence-corrected chi connectivity index (χ3v) is 9.65. The van der Waals surface area contributed by atoms with Gasteiger partial charge in [-0.2, -0.15) is 8.42 Å². The first-order chi connectivity index (χ1) is 21.0. The zero-order chi connectivity index (χ0) is 33.2. The van der Waals surface area contributed by atoms with Crippen molar-refractivity contribution in [2.75, 3.05) is 11.4 Å². The molecule has 0 aliphatic carbocycles. The van der Waals surface area contributed by atoms with Crippen LogP contribution in [0.4, 0.5) is 5.69 Å². The van der Waals surface area contributed by atoms with Gasteiger partial charge in [0.15, 0.2) is 0 Å². The zero-order valence-electron chi connectivity index (χ0n) is 26.6. The van der Waals surface area contributed by atoms with Crippen LogP contribution in [0.25, 0.3) is 0 Å². The van der Waals surface area contributed by atoms with E-state index in [1.807, 2.05) is 45.1 Å². The fourth-order valence-electron chi connectivity index (χ4n) is 5.97. The van der Waals surface area contributed by atoms with Crippen LogP contribution >= 0.6 is 0 Å². The van der Waals surface area contributed by atoms with Crippen molar-refractivity contribution < 1.29 is 32.2 Å². The number of nitrogens with zero attached hydrogens (tertiary/aromatic N) is 2. The van der Waals surface area contributed by atoms with Crippen molar-refractivity contribution in [3.63, 3.8) is 0 Å². The molecule has 0 aromatic heterocycles. The van der Waals surface area contributed by atoms with Gasteiger partial charge in [-0.1, -0.05) is 77.1 Å². The fourth-order valence-corrected chi connectivity index (χ4v) is 6.48. The smallest absolute Gasteiger partial charge is 0.333 e. The molecule has 1 saturated heterocycles. The van der Waals surface area contributed by atoms with Crippen molar-refractivity contribution >= 4 is 33.6 Å². The van der Waals surface area contributed by atoms with Gasteiger partial charge < -0.3 is 9.74 Å². The average Bonchev–Trinajstić information content (AvgIpc) is 3.39. The largest absolute Gasteiger partial charge is 0.344 e. The second kappa shape index (κ2) is 13.1. The molecule has 1 fully saturated rings. The van der Waals surface area contributed by atoms with Crippen molar-refractivity contribution in [3.05, 3.63) is 95.2 Å². The van der Waals surface area contributed by atoms with Crippen molar-refractivity contribution in [1.29, 1.82) is 0 Å². The minimum absolute atomic E-state index is 0.0707. The lowest BCUT2D eigenvalue weighted by Gasteiger charge is -2.29. The topological polar surface area (TPSA) is 121 Å². The maximum atomic E-state index is 12.2. The van der Waals surface area contributed by atoms with E-state index < -0.39 is 33.3 Å². The SMILES string of the molecule is C=C(C=CC=C1N(CCCCCC(=O)ON2C(=O)CCC2=O)c2ccccc2C1(C)C)C(C)(C)c1cc(S(=O)(=O)O)ccc1C. The predicted molar refractivity (Wildman–Crippen MR) is 173 cm³/mol. The number of anilines is 1. The van der Waals surface area contributed by atoms with E-state index in [0.29, 0.717) is 11.5 Å². The van der Waals surface area contributed by atoms with Crippen molar-refractivity contribution in [3.8, 4) is 0 Å². The van der Waals surface area contributed by atoms with Gasteiger partial charge in [0.2, 0.25) is 0 Å². The quantitative estimate of drug-likeness (QED) is 0.122. The van der Waals surface area contributed by atoms with Gasteiger partial charge in [0, 0.05) is 48.0 Å². The molecule has 0 spiro atoms. The van der Waals surface area contributed by atoms with Gasteiger partial charge >= 0.3 is 5.97 Å². The van der Waals surface area contributed by atoms with Crippen molar-refractivity contribution in [1.82, 2.24) is 5.06 Å². The van der Waals surface area contributed by atoms with E-state index >= 15 is 0 Å². The summed E-state index contributed by atoms with van der Waals surface area (Å²) in [6.45, 7) is 15.2. The number of hydroxylamine groups is 2. The molecule has 9 nitrogen and oxygen atoms in total. The summed E-state index contributed by atoms with van der Waals surface area (Å²) >= 11 is 0. The van der Waals surface area contributed by atoms with Crippen LogP contribution in [-0.2, 0) is 40.2 Å². The highest BCUT2D eigenvalue weighted by atomic mass is 32.2. The molecule has 2 amide bonds. The van der Waals surface area contributed by atoms with Crippen LogP contribution in [-0.4, -0.2) is 42.4 Å². The lowest BCUT2D eigenvalue weighted by molar-refractivity contribution is -0.197. The Morgan fingerprint density at radius 3 is 2.40 bits per heavy atom. The highest BCUT2D eigenvalue weighted by Crippen LogP contribution is 2.47. The number of fused-ring (bicyclic) bond motifs is 1. The van der Waals surface area contributed by atoms with E-state index in [-0.39, 0.29) is 29.6 Å². The summed E-state index contributed by atoms with van der Waals surface area (Å²) in [5.41, 5.74) is 5.01. The standard InChI is InChI=1S/C35H42N2O7S/c1-24-18-19-26(45(41,42)43)23-28(24)34(3,4)25(2)13-12-16-30-35(5,6)27-14-9-10-15-29(27)36(30)22-11-7-8-17-33(40)44-37-31(38)20-21-32(37)39/h9-10,12-16,18-19,23H,2,7-8,11,17,20-22H2,1,3-6H3,(H,41,42,43). The van der Waals surface area contributed by atoms with Crippen LogP contribution in [0.5, 0.6) is 0 Å². The monoisotopic (exact) mass is 634 g/mol. The summed E-state index contributed by atoms with van der Waals surface area (Å²) in [5.74, 6) is -1.55. The number of carbonyl (C=O) groups is 3. The zero-order valence-corrected chi connectivity index (χ0v) is 27.4. The summed E-state index contributed by atoms with van der Waals surface area (Å²) in [6, 6.07) is 12.9. The molecule has 2 heterocycles. The van der Waals surface area contributed by atoms with Crippen LogP contribution in [0, 0.1) is 6.92 Å². The number of allylic oxidation sites excluding steroid dienone is 5. The first kappa shape index (κ1) is 33.9. The highest BCUT2D eigenvalue weighted by molar-refractivity contribution is 7.85. The third kappa shape index (κ3) is 7.28. The Morgan fingerprint density at radius 2 is 1.73 bits per heavy atom. The average molecular weight is 635 g/mol. The Morgan fingerprint density at radius 1 is 1.07 bits per heavy atom. The summed E-state index contributed by atoms with van der Waals surface area (Å²) in [6.07, 6.45) is 8.39. The van der Waals surface area contributed by atoms with Gasteiger partial charge in [0.25, 0.3) is 21.9 Å². The van der Waals surface area contributed by atoms with E-state index in [4.69, 9.17) is 4.84 Å². The molecule has 45 heavy (non-hydrogen) atoms. The Bertz CT molecular complexity index is 1670. The number of amides is 2. The van der Waals surface area contributed by atoms with Crippen LogP contribution in [0.15, 0.2) is 83.4 Å². The molecule has 0 unspecified atom stereocenters. The maximum Gasteiger partial charge on any atom is 0.333 e. The molecule has 240 valence electrons. The molecule has 2 aliphatic rings. The van der Waals surface area contributed by atoms with Gasteiger partial charge in [0.05, 0.1) is 4.90 Å². The minimum Gasteiger partial charge on any atom is -0.344 e. The van der Waals surface area contributed by atoms with E-state index in [9.17, 15) is 27.4 Å². The maximum absolute atomic E-state index is 12.2. The van der Waals surface area contributed by atoms with E-state index in [0.717, 1.165) is 47.5 Å². The van der Waals surface area contributed by atoms with Crippen LogP contribution < -0.4 is 4.90 Å². The fraction of sp³-hybridized carbons (Fsp3) is 0.400. The number of hydrogen-bond acceptors (Lipinski definition) is 7. The second-order valence-corrected chi connectivity index (χ2v) is 14.1. The van der Waals surface area contributed by atoms with Crippen LogP contribution in [0.1, 0.15) is 82.9 Å². The first-order valence-corrected chi connectivity index (χ1v) is 16.6. The molecule has 10 heteroatoms. The Hall–Kier alpha value is -4.02. The molecular formula is C35H42N2O7S. The Balaban J connectivity index is 1.45. The number of hydrogen-bond donors (Lipinski definition) is 1. The number of imide groups is 1. The first-order valence-electron chi connectivity index (χ1n) is 15.2. The molecule has 0 bridgehead atoms. The molecule has 1 N–H and O–H groups in total. The number of unbranched alkanes of at least 4 members (excludes halogenated alkanes) is 2. The lowest BCUT2D eigenvalue weighted by Crippen LogP contribution is -2.32. The number of rotatable bonds is 12. The van der Waals surface area contributed by atoms with Gasteiger partial charge in [0.1, 0.15) is 0 Å². The van der Waals surface area contributed by atoms with E-state index in [2.05, 4.69) is 43.5 Å². The third-order valence-electron chi connectivity index (χ3n) is 8.80.